The van der Waals surface area contributed by atoms with E-state index in [1.54, 1.807) is 0 Å². The van der Waals surface area contributed by atoms with Crippen LogP contribution in [0.3, 0.4) is 0 Å². The van der Waals surface area contributed by atoms with Gasteiger partial charge in [-0.1, -0.05) is 12.1 Å². The van der Waals surface area contributed by atoms with Crippen LogP contribution in [0.5, 0.6) is 0 Å². The molecule has 1 saturated heterocycles. The van der Waals surface area contributed by atoms with Crippen LogP contribution in [0.4, 0.5) is 0 Å². The van der Waals surface area contributed by atoms with E-state index in [2.05, 4.69) is 33.2 Å². The van der Waals surface area contributed by atoms with E-state index in [0.717, 1.165) is 35.2 Å². The van der Waals surface area contributed by atoms with Crippen molar-refractivity contribution in [1.29, 1.82) is 0 Å². The molecular formula is C14H19BrN2O. The molecule has 1 aromatic rings. The molecule has 1 N–H and O–H groups in total. The lowest BCUT2D eigenvalue weighted by Gasteiger charge is -2.13. The topological polar surface area (TPSA) is 32.3 Å². The lowest BCUT2D eigenvalue weighted by atomic mass is 10.1. The van der Waals surface area contributed by atoms with Gasteiger partial charge in [0.05, 0.1) is 5.56 Å². The van der Waals surface area contributed by atoms with E-state index < -0.39 is 0 Å². The van der Waals surface area contributed by atoms with Gasteiger partial charge >= 0.3 is 0 Å². The van der Waals surface area contributed by atoms with Gasteiger partial charge in [-0.05, 0) is 60.4 Å². The Hall–Kier alpha value is -0.870. The maximum atomic E-state index is 12.1. The summed E-state index contributed by atoms with van der Waals surface area (Å²) in [6.07, 6.45) is 1.17. The van der Waals surface area contributed by atoms with E-state index >= 15 is 0 Å². The van der Waals surface area contributed by atoms with Crippen molar-refractivity contribution in [1.82, 2.24) is 10.2 Å². The van der Waals surface area contributed by atoms with Gasteiger partial charge in [0.15, 0.2) is 0 Å². The molecule has 98 valence electrons. The number of halogens is 1. The predicted molar refractivity (Wildman–Crippen MR) is 76.8 cm³/mol. The van der Waals surface area contributed by atoms with Crippen molar-refractivity contribution < 1.29 is 4.79 Å². The van der Waals surface area contributed by atoms with Gasteiger partial charge in [-0.3, -0.25) is 4.79 Å². The van der Waals surface area contributed by atoms with Crippen LogP contribution < -0.4 is 5.32 Å². The van der Waals surface area contributed by atoms with Crippen LogP contribution in [0.1, 0.15) is 22.3 Å². The summed E-state index contributed by atoms with van der Waals surface area (Å²) in [5.74, 6) is 0.600. The zero-order valence-electron chi connectivity index (χ0n) is 10.9. The van der Waals surface area contributed by atoms with Gasteiger partial charge in [0.2, 0.25) is 0 Å². The number of rotatable bonds is 3. The van der Waals surface area contributed by atoms with Crippen LogP contribution in [0.25, 0.3) is 0 Å². The molecule has 0 radical (unpaired) electrons. The maximum Gasteiger partial charge on any atom is 0.252 e. The fourth-order valence-corrected chi connectivity index (χ4v) is 2.79. The van der Waals surface area contributed by atoms with Crippen molar-refractivity contribution >= 4 is 21.8 Å². The Balaban J connectivity index is 1.94. The number of hydrogen-bond acceptors (Lipinski definition) is 2. The summed E-state index contributed by atoms with van der Waals surface area (Å²) < 4.78 is 0.894. The van der Waals surface area contributed by atoms with E-state index in [9.17, 15) is 4.79 Å². The normalized spacial score (nSPS) is 20.1. The first-order chi connectivity index (χ1) is 8.58. The molecule has 4 heteroatoms. The average molecular weight is 311 g/mol. The zero-order valence-corrected chi connectivity index (χ0v) is 12.5. The second-order valence-corrected chi connectivity index (χ2v) is 5.86. The van der Waals surface area contributed by atoms with Crippen LogP contribution in [-0.4, -0.2) is 37.5 Å². The first kappa shape index (κ1) is 13.6. The number of hydrogen-bond donors (Lipinski definition) is 1. The Labute approximate surface area is 117 Å². The Morgan fingerprint density at radius 1 is 1.56 bits per heavy atom. The molecule has 1 atom stereocenters. The molecule has 1 aromatic carbocycles. The standard InChI is InChI=1S/C14H19BrN2O/c1-10-4-3-5-12(13(10)15)14(18)16-8-11-6-7-17(2)9-11/h3-5,11H,6-9H2,1-2H3,(H,16,18). The van der Waals surface area contributed by atoms with E-state index in [1.165, 1.54) is 6.42 Å². The van der Waals surface area contributed by atoms with Gasteiger partial charge in [0.1, 0.15) is 0 Å². The van der Waals surface area contributed by atoms with E-state index in [0.29, 0.717) is 5.92 Å². The summed E-state index contributed by atoms with van der Waals surface area (Å²) in [5, 5.41) is 3.03. The van der Waals surface area contributed by atoms with Crippen molar-refractivity contribution in [2.75, 3.05) is 26.7 Å². The molecule has 0 saturated carbocycles. The maximum absolute atomic E-state index is 12.1. The number of amides is 1. The van der Waals surface area contributed by atoms with E-state index in [-0.39, 0.29) is 5.91 Å². The molecule has 2 rings (SSSR count). The minimum atomic E-state index is 0.0140. The zero-order chi connectivity index (χ0) is 13.1. The van der Waals surface area contributed by atoms with Crippen LogP contribution in [0.15, 0.2) is 22.7 Å². The number of aryl methyl sites for hydroxylation is 1. The van der Waals surface area contributed by atoms with Crippen molar-refractivity contribution in [2.45, 2.75) is 13.3 Å². The van der Waals surface area contributed by atoms with Gasteiger partial charge in [-0.15, -0.1) is 0 Å². The molecule has 0 aromatic heterocycles. The second kappa shape index (κ2) is 5.85. The molecule has 0 bridgehead atoms. The summed E-state index contributed by atoms with van der Waals surface area (Å²) in [4.78, 5) is 14.4. The van der Waals surface area contributed by atoms with Crippen molar-refractivity contribution in [3.63, 3.8) is 0 Å². The average Bonchev–Trinajstić information content (AvgIpc) is 2.76. The third-order valence-electron chi connectivity index (χ3n) is 3.48. The van der Waals surface area contributed by atoms with Gasteiger partial charge in [-0.25, -0.2) is 0 Å². The smallest absolute Gasteiger partial charge is 0.252 e. The number of likely N-dealkylation sites (tertiary alicyclic amines) is 1. The van der Waals surface area contributed by atoms with Gasteiger partial charge in [0, 0.05) is 17.6 Å². The highest BCUT2D eigenvalue weighted by atomic mass is 79.9. The lowest BCUT2D eigenvalue weighted by Crippen LogP contribution is -2.30. The number of benzene rings is 1. The Kier molecular flexibility index (Phi) is 4.40. The number of nitrogens with zero attached hydrogens (tertiary/aromatic N) is 1. The van der Waals surface area contributed by atoms with Gasteiger partial charge in [0.25, 0.3) is 5.91 Å². The highest BCUT2D eigenvalue weighted by Gasteiger charge is 2.20. The van der Waals surface area contributed by atoms with Crippen LogP contribution in [-0.2, 0) is 0 Å². The molecule has 3 nitrogen and oxygen atoms in total. The first-order valence-electron chi connectivity index (χ1n) is 6.30. The summed E-state index contributed by atoms with van der Waals surface area (Å²) in [6.45, 7) is 4.97. The largest absolute Gasteiger partial charge is 0.352 e. The molecule has 1 amide bonds. The molecule has 1 aliphatic rings. The van der Waals surface area contributed by atoms with Crippen molar-refractivity contribution in [2.24, 2.45) is 5.92 Å². The molecule has 1 aliphatic heterocycles. The SMILES string of the molecule is Cc1cccc(C(=O)NCC2CCN(C)C2)c1Br. The first-order valence-corrected chi connectivity index (χ1v) is 7.09. The number of carbonyl (C=O) groups excluding carboxylic acids is 1. The Bertz CT molecular complexity index is 447. The lowest BCUT2D eigenvalue weighted by molar-refractivity contribution is 0.0946. The minimum Gasteiger partial charge on any atom is -0.352 e. The molecule has 18 heavy (non-hydrogen) atoms. The van der Waals surface area contributed by atoms with E-state index in [4.69, 9.17) is 0 Å². The highest BCUT2D eigenvalue weighted by Crippen LogP contribution is 2.21. The molecular weight excluding hydrogens is 292 g/mol. The minimum absolute atomic E-state index is 0.0140. The predicted octanol–water partition coefficient (Wildman–Crippen LogP) is 2.44. The van der Waals surface area contributed by atoms with Crippen LogP contribution in [0.2, 0.25) is 0 Å². The van der Waals surface area contributed by atoms with Crippen molar-refractivity contribution in [3.8, 4) is 0 Å². The molecule has 1 heterocycles. The summed E-state index contributed by atoms with van der Waals surface area (Å²) in [6, 6.07) is 5.76. The Morgan fingerprint density at radius 3 is 3.00 bits per heavy atom. The molecule has 0 spiro atoms. The molecule has 1 unspecified atom stereocenters. The summed E-state index contributed by atoms with van der Waals surface area (Å²) >= 11 is 3.47. The fourth-order valence-electron chi connectivity index (χ4n) is 2.35. The highest BCUT2D eigenvalue weighted by molar-refractivity contribution is 9.10. The summed E-state index contributed by atoms with van der Waals surface area (Å²) in [5.41, 5.74) is 1.81. The third kappa shape index (κ3) is 3.12. The van der Waals surface area contributed by atoms with Gasteiger partial charge < -0.3 is 10.2 Å². The quantitative estimate of drug-likeness (QED) is 0.930. The van der Waals surface area contributed by atoms with E-state index in [1.807, 2.05) is 25.1 Å². The second-order valence-electron chi connectivity index (χ2n) is 5.06. The van der Waals surface area contributed by atoms with Crippen molar-refractivity contribution in [3.05, 3.63) is 33.8 Å². The molecule has 1 fully saturated rings. The Morgan fingerprint density at radius 2 is 2.33 bits per heavy atom. The van der Waals surface area contributed by atoms with Crippen LogP contribution in [0, 0.1) is 12.8 Å². The van der Waals surface area contributed by atoms with Crippen LogP contribution >= 0.6 is 15.9 Å². The van der Waals surface area contributed by atoms with Gasteiger partial charge in [-0.2, -0.15) is 0 Å². The number of nitrogens with one attached hydrogen (secondary N) is 1. The third-order valence-corrected chi connectivity index (χ3v) is 4.53. The molecule has 0 aliphatic carbocycles. The summed E-state index contributed by atoms with van der Waals surface area (Å²) in [7, 11) is 2.12. The number of carbonyl (C=O) groups is 1. The monoisotopic (exact) mass is 310 g/mol. The fraction of sp³-hybridized carbons (Fsp3) is 0.500.